The zero-order valence-corrected chi connectivity index (χ0v) is 7.89. The van der Waals surface area contributed by atoms with Crippen LogP contribution in [0.4, 0.5) is 0 Å². The molecule has 0 saturated heterocycles. The Morgan fingerprint density at radius 1 is 1.58 bits per heavy atom. The molecular weight excluding hydrogens is 182 g/mol. The number of nitrogens with one attached hydrogen (secondary N) is 1. The SMILES string of the molecule is CCCC(NS(C)(=O)=O)C(=O)O. The molecule has 5 nitrogen and oxygen atoms in total. The number of sulfonamides is 1. The van der Waals surface area contributed by atoms with Gasteiger partial charge in [-0.25, -0.2) is 13.1 Å². The summed E-state index contributed by atoms with van der Waals surface area (Å²) in [5.41, 5.74) is 0. The Morgan fingerprint density at radius 2 is 2.08 bits per heavy atom. The summed E-state index contributed by atoms with van der Waals surface area (Å²) in [7, 11) is -3.42. The van der Waals surface area contributed by atoms with E-state index in [0.717, 1.165) is 6.26 Å². The van der Waals surface area contributed by atoms with Crippen LogP contribution in [-0.4, -0.2) is 31.8 Å². The quantitative estimate of drug-likeness (QED) is 0.635. The highest BCUT2D eigenvalue weighted by Crippen LogP contribution is 1.97. The molecule has 0 aliphatic heterocycles. The fraction of sp³-hybridized carbons (Fsp3) is 0.833. The molecule has 6 heteroatoms. The second-order valence-electron chi connectivity index (χ2n) is 2.57. The Bertz CT molecular complexity index is 246. The Balaban J connectivity index is 4.24. The van der Waals surface area contributed by atoms with Gasteiger partial charge in [0.1, 0.15) is 6.04 Å². The molecule has 72 valence electrons. The van der Waals surface area contributed by atoms with Gasteiger partial charge in [0.25, 0.3) is 0 Å². The number of hydrogen-bond acceptors (Lipinski definition) is 3. The van der Waals surface area contributed by atoms with Crippen LogP contribution in [-0.2, 0) is 14.8 Å². The maximum absolute atomic E-state index is 10.6. The molecule has 0 aromatic heterocycles. The number of carboxylic acid groups (broad SMARTS) is 1. The van der Waals surface area contributed by atoms with E-state index in [9.17, 15) is 13.2 Å². The van der Waals surface area contributed by atoms with E-state index in [1.165, 1.54) is 0 Å². The largest absolute Gasteiger partial charge is 0.480 e. The van der Waals surface area contributed by atoms with Gasteiger partial charge in [-0.3, -0.25) is 4.79 Å². The van der Waals surface area contributed by atoms with Crippen LogP contribution in [0.15, 0.2) is 0 Å². The van der Waals surface area contributed by atoms with Gasteiger partial charge in [0.2, 0.25) is 10.0 Å². The molecule has 2 N–H and O–H groups in total. The smallest absolute Gasteiger partial charge is 0.321 e. The van der Waals surface area contributed by atoms with Crippen LogP contribution in [0.25, 0.3) is 0 Å². The number of carboxylic acids is 1. The third-order valence-electron chi connectivity index (χ3n) is 1.23. The van der Waals surface area contributed by atoms with Crippen molar-refractivity contribution in [1.29, 1.82) is 0 Å². The maximum Gasteiger partial charge on any atom is 0.321 e. The summed E-state index contributed by atoms with van der Waals surface area (Å²) in [4.78, 5) is 10.4. The van der Waals surface area contributed by atoms with Crippen LogP contribution in [0.1, 0.15) is 19.8 Å². The van der Waals surface area contributed by atoms with Gasteiger partial charge in [0.05, 0.1) is 6.26 Å². The van der Waals surface area contributed by atoms with Gasteiger partial charge in [-0.1, -0.05) is 13.3 Å². The Kier molecular flexibility index (Phi) is 4.19. The van der Waals surface area contributed by atoms with E-state index >= 15 is 0 Å². The minimum atomic E-state index is -3.42. The van der Waals surface area contributed by atoms with Gasteiger partial charge in [-0.15, -0.1) is 0 Å². The lowest BCUT2D eigenvalue weighted by Crippen LogP contribution is -2.39. The third-order valence-corrected chi connectivity index (χ3v) is 1.94. The molecule has 0 rings (SSSR count). The van der Waals surface area contributed by atoms with Crippen LogP contribution < -0.4 is 4.72 Å². The molecule has 0 aliphatic rings. The van der Waals surface area contributed by atoms with Crippen LogP contribution >= 0.6 is 0 Å². The standard InChI is InChI=1S/C6H13NO4S/c1-3-4-5(6(8)9)7-12(2,10)11/h5,7H,3-4H2,1-2H3,(H,8,9). The van der Waals surface area contributed by atoms with E-state index in [1.807, 2.05) is 4.72 Å². The zero-order valence-electron chi connectivity index (χ0n) is 7.07. The van der Waals surface area contributed by atoms with Crippen molar-refractivity contribution in [3.05, 3.63) is 0 Å². The minimum Gasteiger partial charge on any atom is -0.480 e. The van der Waals surface area contributed by atoms with E-state index in [-0.39, 0.29) is 0 Å². The normalized spacial score (nSPS) is 14.2. The minimum absolute atomic E-state index is 0.308. The van der Waals surface area contributed by atoms with Crippen molar-refractivity contribution in [2.24, 2.45) is 0 Å². The molecule has 0 aromatic carbocycles. The van der Waals surface area contributed by atoms with E-state index in [2.05, 4.69) is 0 Å². The number of rotatable bonds is 5. The molecule has 0 amide bonds. The van der Waals surface area contributed by atoms with Gasteiger partial charge in [0, 0.05) is 0 Å². The molecule has 1 atom stereocenters. The Morgan fingerprint density at radius 3 is 2.33 bits per heavy atom. The predicted molar refractivity (Wildman–Crippen MR) is 44.3 cm³/mol. The first kappa shape index (κ1) is 11.4. The van der Waals surface area contributed by atoms with Crippen molar-refractivity contribution in [2.75, 3.05) is 6.26 Å². The summed E-state index contributed by atoms with van der Waals surface area (Å²) < 4.78 is 23.3. The molecule has 0 radical (unpaired) electrons. The highest BCUT2D eigenvalue weighted by Gasteiger charge is 2.19. The molecule has 0 heterocycles. The maximum atomic E-state index is 10.6. The van der Waals surface area contributed by atoms with E-state index in [0.29, 0.717) is 12.8 Å². The van der Waals surface area contributed by atoms with Gasteiger partial charge in [-0.05, 0) is 6.42 Å². The van der Waals surface area contributed by atoms with Crippen LogP contribution in [0.2, 0.25) is 0 Å². The van der Waals surface area contributed by atoms with Gasteiger partial charge >= 0.3 is 5.97 Å². The molecule has 1 unspecified atom stereocenters. The third kappa shape index (κ3) is 5.09. The average molecular weight is 195 g/mol. The lowest BCUT2D eigenvalue weighted by molar-refractivity contribution is -0.139. The lowest BCUT2D eigenvalue weighted by Gasteiger charge is -2.10. The summed E-state index contributed by atoms with van der Waals surface area (Å²) in [6.07, 6.45) is 1.88. The van der Waals surface area contributed by atoms with Crippen molar-refractivity contribution in [2.45, 2.75) is 25.8 Å². The van der Waals surface area contributed by atoms with E-state index in [4.69, 9.17) is 5.11 Å². The van der Waals surface area contributed by atoms with Gasteiger partial charge in [0.15, 0.2) is 0 Å². The van der Waals surface area contributed by atoms with Crippen molar-refractivity contribution < 1.29 is 18.3 Å². The Hall–Kier alpha value is -0.620. The first-order chi connectivity index (χ1) is 5.37. The first-order valence-electron chi connectivity index (χ1n) is 3.57. The summed E-state index contributed by atoms with van der Waals surface area (Å²) >= 11 is 0. The van der Waals surface area contributed by atoms with Crippen molar-refractivity contribution in [3.63, 3.8) is 0 Å². The molecule has 0 bridgehead atoms. The first-order valence-corrected chi connectivity index (χ1v) is 5.46. The van der Waals surface area contributed by atoms with E-state index in [1.54, 1.807) is 6.92 Å². The van der Waals surface area contributed by atoms with Crippen LogP contribution in [0.5, 0.6) is 0 Å². The predicted octanol–water partition coefficient (Wildman–Crippen LogP) is -0.211. The average Bonchev–Trinajstić information content (AvgIpc) is 1.83. The summed E-state index contributed by atoms with van der Waals surface area (Å²) in [6, 6.07) is -0.995. The molecule has 0 aromatic rings. The number of hydrogen-bond donors (Lipinski definition) is 2. The lowest BCUT2D eigenvalue weighted by atomic mass is 10.2. The van der Waals surface area contributed by atoms with Gasteiger partial charge in [-0.2, -0.15) is 0 Å². The highest BCUT2D eigenvalue weighted by molar-refractivity contribution is 7.88. The molecule has 12 heavy (non-hydrogen) atoms. The molecule has 0 fully saturated rings. The van der Waals surface area contributed by atoms with Gasteiger partial charge < -0.3 is 5.11 Å². The molecular formula is C6H13NO4S. The van der Waals surface area contributed by atoms with Crippen molar-refractivity contribution in [3.8, 4) is 0 Å². The zero-order chi connectivity index (χ0) is 9.78. The second kappa shape index (κ2) is 4.42. The van der Waals surface area contributed by atoms with E-state index < -0.39 is 22.0 Å². The highest BCUT2D eigenvalue weighted by atomic mass is 32.2. The summed E-state index contributed by atoms with van der Waals surface area (Å²) in [5, 5.41) is 8.54. The second-order valence-corrected chi connectivity index (χ2v) is 4.35. The molecule has 0 aliphatic carbocycles. The van der Waals surface area contributed by atoms with Crippen LogP contribution in [0, 0.1) is 0 Å². The van der Waals surface area contributed by atoms with Crippen molar-refractivity contribution in [1.82, 2.24) is 4.72 Å². The Labute approximate surface area is 71.8 Å². The van der Waals surface area contributed by atoms with Crippen molar-refractivity contribution >= 4 is 16.0 Å². The van der Waals surface area contributed by atoms with Crippen LogP contribution in [0.3, 0.4) is 0 Å². The summed E-state index contributed by atoms with van der Waals surface area (Å²) in [5.74, 6) is -1.14. The summed E-state index contributed by atoms with van der Waals surface area (Å²) in [6.45, 7) is 1.79. The number of aliphatic carboxylic acids is 1. The topological polar surface area (TPSA) is 83.5 Å². The monoisotopic (exact) mass is 195 g/mol. The molecule has 0 saturated carbocycles. The number of carbonyl (C=O) groups is 1. The molecule has 0 spiro atoms. The fourth-order valence-corrected chi connectivity index (χ4v) is 1.52. The fourth-order valence-electron chi connectivity index (χ4n) is 0.780.